The highest BCUT2D eigenvalue weighted by Crippen LogP contribution is 2.52. The highest BCUT2D eigenvalue weighted by atomic mass is 35.5. The molecule has 0 atom stereocenters. The van der Waals surface area contributed by atoms with Gasteiger partial charge in [0.1, 0.15) is 29.7 Å². The number of amides is 1. The summed E-state index contributed by atoms with van der Waals surface area (Å²) in [6.45, 7) is 10.6. The summed E-state index contributed by atoms with van der Waals surface area (Å²) in [5.41, 5.74) is 2.61. The summed E-state index contributed by atoms with van der Waals surface area (Å²) in [6.07, 6.45) is 7.19. The second-order valence-electron chi connectivity index (χ2n) is 12.3. The second-order valence-corrected chi connectivity index (χ2v) is 12.7. The molecule has 242 valence electrons. The van der Waals surface area contributed by atoms with Crippen molar-refractivity contribution >= 4 is 23.3 Å². The number of nitrogens with zero attached hydrogens (tertiary/aromatic N) is 7. The van der Waals surface area contributed by atoms with Crippen LogP contribution in [0.15, 0.2) is 36.8 Å². The lowest BCUT2D eigenvalue weighted by Crippen LogP contribution is -2.65. The Morgan fingerprint density at radius 1 is 1.20 bits per heavy atom. The van der Waals surface area contributed by atoms with Crippen molar-refractivity contribution < 1.29 is 18.7 Å². The Morgan fingerprint density at radius 2 is 2.00 bits per heavy atom. The molecule has 10 nitrogen and oxygen atoms in total. The molecule has 45 heavy (non-hydrogen) atoms. The summed E-state index contributed by atoms with van der Waals surface area (Å²) in [7, 11) is 0. The number of rotatable bonds is 11. The van der Waals surface area contributed by atoms with E-state index in [1.54, 1.807) is 4.90 Å². The van der Waals surface area contributed by atoms with Crippen LogP contribution in [-0.2, 0) is 13.0 Å². The Labute approximate surface area is 269 Å². The average molecular weight is 640 g/mol. The highest BCUT2D eigenvalue weighted by molar-refractivity contribution is 6.17. The molecule has 3 aromatic rings. The maximum absolute atomic E-state index is 14.2. The molecule has 1 aliphatic carbocycles. The SMILES string of the molecule is C.CCN(C(=O)c1cc(F)ccc1Oc1nncnc1N1CC2(CC(Oc3ccnc4c3CN(CCCCl)CC4)C2)C1)C(C)C. The van der Waals surface area contributed by atoms with Crippen LogP contribution in [-0.4, -0.2) is 86.6 Å². The van der Waals surface area contributed by atoms with Gasteiger partial charge in [-0.05, 0) is 70.8 Å². The van der Waals surface area contributed by atoms with E-state index in [-0.39, 0.29) is 48.1 Å². The minimum Gasteiger partial charge on any atom is -0.490 e. The zero-order valence-electron chi connectivity index (χ0n) is 25.5. The first kappa shape index (κ1) is 32.8. The zero-order valence-corrected chi connectivity index (χ0v) is 26.3. The third-order valence-electron chi connectivity index (χ3n) is 8.90. The third kappa shape index (κ3) is 6.84. The van der Waals surface area contributed by atoms with Crippen molar-refractivity contribution in [2.45, 2.75) is 72.6 Å². The normalized spacial score (nSPS) is 17.2. The largest absolute Gasteiger partial charge is 0.490 e. The van der Waals surface area contributed by atoms with Crippen molar-refractivity contribution in [2.75, 3.05) is 43.5 Å². The molecule has 1 aromatic carbocycles. The molecule has 2 aliphatic heterocycles. The van der Waals surface area contributed by atoms with E-state index in [4.69, 9.17) is 21.1 Å². The first-order valence-electron chi connectivity index (χ1n) is 15.4. The van der Waals surface area contributed by atoms with Crippen LogP contribution in [0.1, 0.15) is 69.1 Å². The number of hydrogen-bond donors (Lipinski definition) is 0. The molecule has 3 aliphatic rings. The fourth-order valence-electron chi connectivity index (χ4n) is 6.69. The third-order valence-corrected chi connectivity index (χ3v) is 9.17. The number of benzene rings is 1. The number of fused-ring (bicyclic) bond motifs is 1. The number of aromatic nitrogens is 4. The minimum atomic E-state index is -0.514. The van der Waals surface area contributed by atoms with Crippen LogP contribution in [0, 0.1) is 11.2 Å². The van der Waals surface area contributed by atoms with E-state index in [9.17, 15) is 9.18 Å². The van der Waals surface area contributed by atoms with E-state index < -0.39 is 5.82 Å². The molecular weight excluding hydrogens is 597 g/mol. The zero-order chi connectivity index (χ0) is 30.8. The van der Waals surface area contributed by atoms with Crippen molar-refractivity contribution in [3.8, 4) is 17.4 Å². The molecule has 1 saturated carbocycles. The van der Waals surface area contributed by atoms with Crippen LogP contribution in [0.25, 0.3) is 0 Å². The minimum absolute atomic E-state index is 0. The standard InChI is InChI=1S/C32H39ClFN7O3.CH4/c1-4-41(21(2)3)31(42)24-14-22(34)6-7-27(24)44-30-29(36-20-37-38-30)40-18-32(19-40)15-23(16-32)43-28-8-11-35-26-9-13-39(12-5-10-33)17-25(26)28;/h6-8,11,14,20-21,23H,4-5,9-10,12-13,15-19H2,1-3H3;1H4. The van der Waals surface area contributed by atoms with Crippen molar-refractivity contribution in [3.63, 3.8) is 0 Å². The molecule has 1 amide bonds. The number of carbonyl (C=O) groups is 1. The van der Waals surface area contributed by atoms with Gasteiger partial charge in [0.15, 0.2) is 5.82 Å². The smallest absolute Gasteiger partial charge is 0.282 e. The number of ether oxygens (including phenoxy) is 2. The number of pyridine rings is 1. The molecular formula is C33H43ClFN7O3. The van der Waals surface area contributed by atoms with Crippen molar-refractivity contribution in [1.82, 2.24) is 30.0 Å². The van der Waals surface area contributed by atoms with Crippen molar-refractivity contribution in [2.24, 2.45) is 5.41 Å². The van der Waals surface area contributed by atoms with Gasteiger partial charge in [0.05, 0.1) is 5.56 Å². The van der Waals surface area contributed by atoms with Crippen LogP contribution in [0.2, 0.25) is 0 Å². The summed E-state index contributed by atoms with van der Waals surface area (Å²) in [5, 5.41) is 8.11. The lowest BCUT2D eigenvalue weighted by molar-refractivity contribution is -0.0353. The van der Waals surface area contributed by atoms with E-state index in [0.29, 0.717) is 18.2 Å². The molecule has 0 radical (unpaired) electrons. The van der Waals surface area contributed by atoms with Gasteiger partial charge in [-0.3, -0.25) is 14.7 Å². The van der Waals surface area contributed by atoms with Gasteiger partial charge < -0.3 is 19.3 Å². The molecule has 12 heteroatoms. The van der Waals surface area contributed by atoms with Gasteiger partial charge >= 0.3 is 0 Å². The summed E-state index contributed by atoms with van der Waals surface area (Å²) in [4.78, 5) is 28.6. The van der Waals surface area contributed by atoms with Gasteiger partial charge in [0.2, 0.25) is 0 Å². The van der Waals surface area contributed by atoms with Crippen LogP contribution < -0.4 is 14.4 Å². The molecule has 1 spiro atoms. The van der Waals surface area contributed by atoms with Crippen molar-refractivity contribution in [1.29, 1.82) is 0 Å². The van der Waals surface area contributed by atoms with Gasteiger partial charge in [-0.1, -0.05) is 7.43 Å². The molecule has 6 rings (SSSR count). The topological polar surface area (TPSA) is 96.8 Å². The molecule has 0 unspecified atom stereocenters. The Hall–Kier alpha value is -3.57. The number of hydrogen-bond acceptors (Lipinski definition) is 9. The molecule has 4 heterocycles. The maximum Gasteiger partial charge on any atom is 0.282 e. The van der Waals surface area contributed by atoms with E-state index in [1.807, 2.05) is 33.0 Å². The van der Waals surface area contributed by atoms with Gasteiger partial charge in [0, 0.05) is 73.9 Å². The first-order valence-corrected chi connectivity index (χ1v) is 16.0. The van der Waals surface area contributed by atoms with Gasteiger partial charge in [-0.25, -0.2) is 9.37 Å². The second kappa shape index (κ2) is 13.8. The Bertz CT molecular complexity index is 1490. The summed E-state index contributed by atoms with van der Waals surface area (Å²) in [5.74, 6) is 1.74. The monoisotopic (exact) mass is 639 g/mol. The fourth-order valence-corrected chi connectivity index (χ4v) is 6.81. The van der Waals surface area contributed by atoms with Crippen LogP contribution in [0.4, 0.5) is 10.2 Å². The summed E-state index contributed by atoms with van der Waals surface area (Å²) >= 11 is 5.92. The van der Waals surface area contributed by atoms with E-state index >= 15 is 0 Å². The van der Waals surface area contributed by atoms with E-state index in [1.165, 1.54) is 30.1 Å². The predicted octanol–water partition coefficient (Wildman–Crippen LogP) is 5.74. The Morgan fingerprint density at radius 3 is 2.73 bits per heavy atom. The Kier molecular flexibility index (Phi) is 10.1. The fraction of sp³-hybridized carbons (Fsp3) is 0.545. The van der Waals surface area contributed by atoms with E-state index in [2.05, 4.69) is 30.0 Å². The van der Waals surface area contributed by atoms with E-state index in [0.717, 1.165) is 69.9 Å². The number of carbonyl (C=O) groups excluding carboxylic acids is 1. The number of halogens is 2. The molecule has 0 bridgehead atoms. The van der Waals surface area contributed by atoms with Crippen molar-refractivity contribution in [3.05, 3.63) is 59.4 Å². The van der Waals surface area contributed by atoms with Crippen LogP contribution in [0.5, 0.6) is 17.4 Å². The number of anilines is 1. The quantitative estimate of drug-likeness (QED) is 0.243. The Balaban J connectivity index is 0.00000400. The van der Waals surface area contributed by atoms with Crippen LogP contribution in [0.3, 0.4) is 0 Å². The molecule has 0 N–H and O–H groups in total. The molecule has 2 fully saturated rings. The maximum atomic E-state index is 14.2. The van der Waals surface area contributed by atoms with Crippen LogP contribution >= 0.6 is 11.6 Å². The first-order chi connectivity index (χ1) is 21.3. The summed E-state index contributed by atoms with van der Waals surface area (Å²) in [6, 6.07) is 5.87. The van der Waals surface area contributed by atoms with Gasteiger partial charge in [0.25, 0.3) is 11.8 Å². The predicted molar refractivity (Wildman–Crippen MR) is 172 cm³/mol. The average Bonchev–Trinajstić information content (AvgIpc) is 2.98. The lowest BCUT2D eigenvalue weighted by Gasteiger charge is -2.58. The van der Waals surface area contributed by atoms with Gasteiger partial charge in [-0.15, -0.1) is 21.8 Å². The van der Waals surface area contributed by atoms with Gasteiger partial charge in [-0.2, -0.15) is 0 Å². The highest BCUT2D eigenvalue weighted by Gasteiger charge is 2.54. The lowest BCUT2D eigenvalue weighted by atomic mass is 9.61. The summed E-state index contributed by atoms with van der Waals surface area (Å²) < 4.78 is 26.9. The molecule has 1 saturated heterocycles. The number of alkyl halides is 1. The molecule has 2 aromatic heterocycles.